The van der Waals surface area contributed by atoms with Crippen molar-refractivity contribution >= 4 is 41.7 Å². The molecule has 0 aliphatic carbocycles. The van der Waals surface area contributed by atoms with Crippen LogP contribution in [0, 0.1) is 5.82 Å². The minimum atomic E-state index is -0.152. The van der Waals surface area contributed by atoms with Crippen LogP contribution in [-0.2, 0) is 11.2 Å². The van der Waals surface area contributed by atoms with Crippen molar-refractivity contribution in [3.63, 3.8) is 0 Å². The summed E-state index contributed by atoms with van der Waals surface area (Å²) in [7, 11) is 1.76. The molecule has 0 radical (unpaired) electrons. The van der Waals surface area contributed by atoms with Gasteiger partial charge in [-0.05, 0) is 37.1 Å². The number of nitrogens with one attached hydrogen (secondary N) is 2. The van der Waals surface area contributed by atoms with Crippen molar-refractivity contribution in [3.05, 3.63) is 35.6 Å². The van der Waals surface area contributed by atoms with Gasteiger partial charge in [-0.2, -0.15) is 11.8 Å². The molecule has 0 atom stereocenters. The summed E-state index contributed by atoms with van der Waals surface area (Å²) < 4.78 is 19.3. The Morgan fingerprint density at radius 1 is 1.29 bits per heavy atom. The summed E-state index contributed by atoms with van der Waals surface area (Å²) in [6, 6.07) is 6.88. The highest BCUT2D eigenvalue weighted by molar-refractivity contribution is 14.0. The number of benzene rings is 1. The molecule has 1 saturated heterocycles. The van der Waals surface area contributed by atoms with Crippen LogP contribution in [0.3, 0.4) is 0 Å². The van der Waals surface area contributed by atoms with Crippen molar-refractivity contribution < 1.29 is 9.13 Å². The van der Waals surface area contributed by atoms with Crippen molar-refractivity contribution in [2.75, 3.05) is 39.6 Å². The fourth-order valence-corrected chi connectivity index (χ4v) is 3.47. The number of aliphatic imine (C=N–C) groups is 1. The molecule has 0 unspecified atom stereocenters. The van der Waals surface area contributed by atoms with Gasteiger partial charge in [-0.15, -0.1) is 24.0 Å². The van der Waals surface area contributed by atoms with Gasteiger partial charge in [0.25, 0.3) is 0 Å². The smallest absolute Gasteiger partial charge is 0.191 e. The second kappa shape index (κ2) is 11.1. The molecular formula is C17H27FIN3OS. The van der Waals surface area contributed by atoms with E-state index < -0.39 is 0 Å². The molecule has 1 heterocycles. The fourth-order valence-electron chi connectivity index (χ4n) is 2.68. The molecule has 1 fully saturated rings. The van der Waals surface area contributed by atoms with Crippen molar-refractivity contribution in [2.24, 2.45) is 4.99 Å². The SMILES string of the molecule is CN=C(NCCc1ccccc1F)NCC1(SC)CCOCC1.I. The number of nitrogens with zero attached hydrogens (tertiary/aromatic N) is 1. The van der Waals surface area contributed by atoms with Crippen LogP contribution in [0.15, 0.2) is 29.3 Å². The van der Waals surface area contributed by atoms with E-state index in [0.29, 0.717) is 13.0 Å². The number of rotatable bonds is 6. The predicted octanol–water partition coefficient (Wildman–Crippen LogP) is 3.06. The standard InChI is InChI=1S/C17H26FN3OS.HI/c1-19-16(20-10-7-14-5-3-4-6-15(14)18)21-13-17(23-2)8-11-22-12-9-17;/h3-6H,7-13H2,1-2H3,(H2,19,20,21);1H. The molecule has 7 heteroatoms. The second-order valence-corrected chi connectivity index (χ2v) is 6.97. The fraction of sp³-hybridized carbons (Fsp3) is 0.588. The average Bonchev–Trinajstić information content (AvgIpc) is 2.60. The predicted molar refractivity (Wildman–Crippen MR) is 111 cm³/mol. The summed E-state index contributed by atoms with van der Waals surface area (Å²) >= 11 is 1.89. The van der Waals surface area contributed by atoms with Crippen LogP contribution < -0.4 is 10.6 Å². The molecule has 136 valence electrons. The van der Waals surface area contributed by atoms with E-state index in [0.717, 1.165) is 44.1 Å². The van der Waals surface area contributed by atoms with Gasteiger partial charge in [-0.25, -0.2) is 4.39 Å². The van der Waals surface area contributed by atoms with E-state index in [4.69, 9.17) is 4.74 Å². The highest BCUT2D eigenvalue weighted by atomic mass is 127. The zero-order chi connectivity index (χ0) is 16.5. The molecule has 1 aromatic carbocycles. The Morgan fingerprint density at radius 3 is 2.62 bits per heavy atom. The topological polar surface area (TPSA) is 45.7 Å². The van der Waals surface area contributed by atoms with E-state index in [-0.39, 0.29) is 34.5 Å². The molecule has 24 heavy (non-hydrogen) atoms. The summed E-state index contributed by atoms with van der Waals surface area (Å²) in [4.78, 5) is 4.25. The highest BCUT2D eigenvalue weighted by Gasteiger charge is 2.31. The van der Waals surface area contributed by atoms with E-state index in [9.17, 15) is 4.39 Å². The molecule has 2 N–H and O–H groups in total. The molecule has 0 aromatic heterocycles. The average molecular weight is 467 g/mol. The van der Waals surface area contributed by atoms with Crippen LogP contribution in [0.25, 0.3) is 0 Å². The van der Waals surface area contributed by atoms with Crippen LogP contribution in [0.5, 0.6) is 0 Å². The maximum absolute atomic E-state index is 13.6. The number of guanidine groups is 1. The minimum absolute atomic E-state index is 0. The van der Waals surface area contributed by atoms with Gasteiger partial charge in [-0.1, -0.05) is 18.2 Å². The Hall–Kier alpha value is -0.540. The largest absolute Gasteiger partial charge is 0.381 e. The van der Waals surface area contributed by atoms with Crippen LogP contribution in [-0.4, -0.2) is 50.3 Å². The van der Waals surface area contributed by atoms with Gasteiger partial charge in [0.15, 0.2) is 5.96 Å². The summed E-state index contributed by atoms with van der Waals surface area (Å²) in [5, 5.41) is 6.66. The van der Waals surface area contributed by atoms with E-state index in [2.05, 4.69) is 21.9 Å². The lowest BCUT2D eigenvalue weighted by Crippen LogP contribution is -2.48. The third-order valence-corrected chi connectivity index (χ3v) is 5.70. The van der Waals surface area contributed by atoms with Crippen LogP contribution >= 0.6 is 35.7 Å². The maximum Gasteiger partial charge on any atom is 0.191 e. The van der Waals surface area contributed by atoms with E-state index in [1.54, 1.807) is 13.1 Å². The molecule has 2 rings (SSSR count). The third-order valence-electron chi connectivity index (χ3n) is 4.28. The summed E-state index contributed by atoms with van der Waals surface area (Å²) in [6.07, 6.45) is 4.89. The number of hydrogen-bond acceptors (Lipinski definition) is 3. The molecule has 4 nitrogen and oxygen atoms in total. The van der Waals surface area contributed by atoms with Gasteiger partial charge in [0, 0.05) is 38.1 Å². The minimum Gasteiger partial charge on any atom is -0.381 e. The van der Waals surface area contributed by atoms with Gasteiger partial charge in [0.1, 0.15) is 5.82 Å². The lowest BCUT2D eigenvalue weighted by molar-refractivity contribution is 0.0783. The summed E-state index contributed by atoms with van der Waals surface area (Å²) in [5.74, 6) is 0.613. The summed E-state index contributed by atoms with van der Waals surface area (Å²) in [6.45, 7) is 3.15. The molecule has 0 saturated carbocycles. The molecule has 1 aliphatic heterocycles. The lowest BCUT2D eigenvalue weighted by atomic mass is 9.99. The first-order valence-electron chi connectivity index (χ1n) is 8.00. The van der Waals surface area contributed by atoms with Gasteiger partial charge in [0.05, 0.1) is 0 Å². The molecule has 1 aromatic rings. The van der Waals surface area contributed by atoms with Gasteiger partial charge < -0.3 is 15.4 Å². The first kappa shape index (κ1) is 21.5. The Labute approximate surface area is 165 Å². The van der Waals surface area contributed by atoms with Crippen LogP contribution in [0.2, 0.25) is 0 Å². The molecule has 0 bridgehead atoms. The van der Waals surface area contributed by atoms with E-state index in [1.165, 1.54) is 6.07 Å². The first-order valence-corrected chi connectivity index (χ1v) is 9.22. The normalized spacial score (nSPS) is 17.0. The Morgan fingerprint density at radius 2 is 2.00 bits per heavy atom. The van der Waals surface area contributed by atoms with E-state index in [1.807, 2.05) is 23.9 Å². The monoisotopic (exact) mass is 467 g/mol. The third kappa shape index (κ3) is 6.40. The maximum atomic E-state index is 13.6. The Balaban J connectivity index is 0.00000288. The molecule has 0 spiro atoms. The van der Waals surface area contributed by atoms with Crippen molar-refractivity contribution in [2.45, 2.75) is 24.0 Å². The zero-order valence-electron chi connectivity index (χ0n) is 14.3. The van der Waals surface area contributed by atoms with Crippen LogP contribution in [0.1, 0.15) is 18.4 Å². The Kier molecular flexibility index (Phi) is 9.99. The lowest BCUT2D eigenvalue weighted by Gasteiger charge is -2.36. The zero-order valence-corrected chi connectivity index (χ0v) is 17.5. The van der Waals surface area contributed by atoms with Crippen molar-refractivity contribution in [3.8, 4) is 0 Å². The molecule has 0 amide bonds. The number of halogens is 2. The van der Waals surface area contributed by atoms with Crippen molar-refractivity contribution in [1.29, 1.82) is 0 Å². The van der Waals surface area contributed by atoms with Crippen LogP contribution in [0.4, 0.5) is 4.39 Å². The highest BCUT2D eigenvalue weighted by Crippen LogP contribution is 2.32. The quantitative estimate of drug-likeness (QED) is 0.384. The number of ether oxygens (including phenoxy) is 1. The Bertz CT molecular complexity index is 524. The second-order valence-electron chi connectivity index (χ2n) is 5.69. The molecule has 1 aliphatic rings. The molecular weight excluding hydrogens is 440 g/mol. The van der Waals surface area contributed by atoms with Crippen molar-refractivity contribution in [1.82, 2.24) is 10.6 Å². The number of hydrogen-bond donors (Lipinski definition) is 2. The summed E-state index contributed by atoms with van der Waals surface area (Å²) in [5.41, 5.74) is 0.723. The number of thioether (sulfide) groups is 1. The van der Waals surface area contributed by atoms with Gasteiger partial charge in [0.2, 0.25) is 0 Å². The first-order chi connectivity index (χ1) is 11.2. The van der Waals surface area contributed by atoms with E-state index >= 15 is 0 Å². The van der Waals surface area contributed by atoms with Gasteiger partial charge >= 0.3 is 0 Å². The van der Waals surface area contributed by atoms with Gasteiger partial charge in [-0.3, -0.25) is 4.99 Å².